The minimum Gasteiger partial charge on any atom is -0.378 e. The summed E-state index contributed by atoms with van der Waals surface area (Å²) in [5.41, 5.74) is 3.46. The fourth-order valence-corrected chi connectivity index (χ4v) is 4.00. The third kappa shape index (κ3) is 3.73. The van der Waals surface area contributed by atoms with Crippen LogP contribution in [0.5, 0.6) is 0 Å². The lowest BCUT2D eigenvalue weighted by Gasteiger charge is -2.28. The lowest BCUT2D eigenvalue weighted by Crippen LogP contribution is -2.41. The Balaban J connectivity index is 1.73. The van der Waals surface area contributed by atoms with Crippen molar-refractivity contribution in [1.29, 1.82) is 0 Å². The molecule has 3 aromatic rings. The Bertz CT molecular complexity index is 943. The molecule has 1 aromatic heterocycles. The zero-order valence-corrected chi connectivity index (χ0v) is 16.2. The van der Waals surface area contributed by atoms with Crippen molar-refractivity contribution in [1.82, 2.24) is 9.47 Å². The number of aromatic nitrogens is 1. The molecule has 1 amide bonds. The topological polar surface area (TPSA) is 34.5 Å². The van der Waals surface area contributed by atoms with E-state index in [2.05, 4.69) is 36.0 Å². The first-order valence-electron chi connectivity index (χ1n) is 9.28. The standard InChI is InChI=1S/C22H23ClN2O2/c1-24-15-20(18-4-2-3-5-21(18)24)19(16-6-8-17(23)9-7-16)14-22(26)25-10-12-27-13-11-25/h2-9,15,19H,10-14H2,1H3/t19-/m0/s1. The molecule has 0 radical (unpaired) electrons. The van der Waals surface area contributed by atoms with Crippen molar-refractivity contribution < 1.29 is 9.53 Å². The van der Waals surface area contributed by atoms with Gasteiger partial charge in [0.25, 0.3) is 0 Å². The van der Waals surface area contributed by atoms with Crippen molar-refractivity contribution in [2.24, 2.45) is 7.05 Å². The van der Waals surface area contributed by atoms with Crippen molar-refractivity contribution >= 4 is 28.4 Å². The summed E-state index contributed by atoms with van der Waals surface area (Å²) in [5.74, 6) is 0.162. The summed E-state index contributed by atoms with van der Waals surface area (Å²) in [6.07, 6.45) is 2.59. The highest BCUT2D eigenvalue weighted by molar-refractivity contribution is 6.30. The monoisotopic (exact) mass is 382 g/mol. The van der Waals surface area contributed by atoms with Crippen LogP contribution in [0.4, 0.5) is 0 Å². The molecule has 1 fully saturated rings. The number of hydrogen-bond donors (Lipinski definition) is 0. The number of halogens is 1. The van der Waals surface area contributed by atoms with E-state index in [1.54, 1.807) is 0 Å². The SMILES string of the molecule is Cn1cc([C@@H](CC(=O)N2CCOCC2)c2ccc(Cl)cc2)c2ccccc21. The maximum absolute atomic E-state index is 13.0. The molecule has 140 valence electrons. The van der Waals surface area contributed by atoms with Gasteiger partial charge in [0.1, 0.15) is 0 Å². The van der Waals surface area contributed by atoms with Gasteiger partial charge in [-0.05, 0) is 29.3 Å². The maximum atomic E-state index is 13.0. The van der Waals surface area contributed by atoms with Crippen molar-refractivity contribution in [3.63, 3.8) is 0 Å². The Kier molecular flexibility index (Phi) is 5.19. The van der Waals surface area contributed by atoms with Crippen molar-refractivity contribution in [3.8, 4) is 0 Å². The number of rotatable bonds is 4. The third-order valence-electron chi connectivity index (χ3n) is 5.32. The van der Waals surface area contributed by atoms with E-state index in [4.69, 9.17) is 16.3 Å². The molecule has 1 aliphatic rings. The fourth-order valence-electron chi connectivity index (χ4n) is 3.87. The Morgan fingerprint density at radius 2 is 1.81 bits per heavy atom. The average Bonchev–Trinajstić information content (AvgIpc) is 3.04. The second kappa shape index (κ2) is 7.75. The first-order chi connectivity index (χ1) is 13.1. The van der Waals surface area contributed by atoms with E-state index < -0.39 is 0 Å². The van der Waals surface area contributed by atoms with Crippen LogP contribution in [0.25, 0.3) is 10.9 Å². The molecule has 5 heteroatoms. The predicted molar refractivity (Wildman–Crippen MR) is 108 cm³/mol. The highest BCUT2D eigenvalue weighted by Gasteiger charge is 2.25. The van der Waals surface area contributed by atoms with Crippen molar-refractivity contribution in [2.75, 3.05) is 26.3 Å². The van der Waals surface area contributed by atoms with E-state index in [9.17, 15) is 4.79 Å². The Hall–Kier alpha value is -2.30. The molecule has 0 aliphatic carbocycles. The first-order valence-corrected chi connectivity index (χ1v) is 9.66. The van der Waals surface area contributed by atoms with E-state index in [-0.39, 0.29) is 11.8 Å². The van der Waals surface area contributed by atoms with Gasteiger partial charge in [-0.15, -0.1) is 0 Å². The van der Waals surface area contributed by atoms with E-state index >= 15 is 0 Å². The minimum absolute atomic E-state index is 0.0105. The fraction of sp³-hybridized carbons (Fsp3) is 0.318. The molecule has 4 rings (SSSR count). The molecular formula is C22H23ClN2O2. The molecule has 0 bridgehead atoms. The van der Waals surface area contributed by atoms with Gasteiger partial charge in [-0.3, -0.25) is 4.79 Å². The zero-order valence-electron chi connectivity index (χ0n) is 15.4. The van der Waals surface area contributed by atoms with E-state index in [0.717, 1.165) is 5.56 Å². The number of ether oxygens (including phenoxy) is 1. The van der Waals surface area contributed by atoms with Crippen LogP contribution in [0.1, 0.15) is 23.5 Å². The summed E-state index contributed by atoms with van der Waals surface area (Å²) in [7, 11) is 2.05. The van der Waals surface area contributed by atoms with Gasteiger partial charge in [0.05, 0.1) is 13.2 Å². The van der Waals surface area contributed by atoms with Crippen LogP contribution in [0, 0.1) is 0 Å². The van der Waals surface area contributed by atoms with E-state index in [0.29, 0.717) is 37.7 Å². The molecule has 0 unspecified atom stereocenters. The Morgan fingerprint density at radius 3 is 2.56 bits per heavy atom. The molecule has 1 atom stereocenters. The average molecular weight is 383 g/mol. The molecular weight excluding hydrogens is 360 g/mol. The van der Waals surface area contributed by atoms with Crippen LogP contribution in [-0.2, 0) is 16.6 Å². The number of carbonyl (C=O) groups excluding carboxylic acids is 1. The van der Waals surface area contributed by atoms with Gasteiger partial charge in [0.15, 0.2) is 0 Å². The predicted octanol–water partition coefficient (Wildman–Crippen LogP) is 4.21. The third-order valence-corrected chi connectivity index (χ3v) is 5.57. The number of para-hydroxylation sites is 1. The molecule has 1 saturated heterocycles. The number of hydrogen-bond acceptors (Lipinski definition) is 2. The second-order valence-electron chi connectivity index (χ2n) is 7.01. The van der Waals surface area contributed by atoms with E-state index in [1.165, 1.54) is 16.5 Å². The zero-order chi connectivity index (χ0) is 18.8. The van der Waals surface area contributed by atoms with Crippen LogP contribution in [0.2, 0.25) is 5.02 Å². The summed E-state index contributed by atoms with van der Waals surface area (Å²) >= 11 is 6.10. The lowest BCUT2D eigenvalue weighted by atomic mass is 9.88. The lowest BCUT2D eigenvalue weighted by molar-refractivity contribution is -0.135. The summed E-state index contributed by atoms with van der Waals surface area (Å²) in [4.78, 5) is 14.9. The molecule has 1 aliphatic heterocycles. The highest BCUT2D eigenvalue weighted by atomic mass is 35.5. The van der Waals surface area contributed by atoms with Crippen molar-refractivity contribution in [3.05, 3.63) is 70.9 Å². The summed E-state index contributed by atoms with van der Waals surface area (Å²) in [6, 6.07) is 16.2. The summed E-state index contributed by atoms with van der Waals surface area (Å²) < 4.78 is 7.52. The Morgan fingerprint density at radius 1 is 1.11 bits per heavy atom. The number of amides is 1. The normalized spacial score (nSPS) is 15.9. The van der Waals surface area contributed by atoms with Crippen LogP contribution in [-0.4, -0.2) is 41.7 Å². The minimum atomic E-state index is -0.0105. The highest BCUT2D eigenvalue weighted by Crippen LogP contribution is 2.35. The maximum Gasteiger partial charge on any atom is 0.223 e. The van der Waals surface area contributed by atoms with Gasteiger partial charge < -0.3 is 14.2 Å². The van der Waals surface area contributed by atoms with Crippen LogP contribution >= 0.6 is 11.6 Å². The smallest absolute Gasteiger partial charge is 0.223 e. The summed E-state index contributed by atoms with van der Waals surface area (Å²) in [5, 5.41) is 1.89. The van der Waals surface area contributed by atoms with Gasteiger partial charge in [-0.2, -0.15) is 0 Å². The van der Waals surface area contributed by atoms with E-state index in [1.807, 2.05) is 35.2 Å². The van der Waals surface area contributed by atoms with Crippen LogP contribution in [0.3, 0.4) is 0 Å². The number of aryl methyl sites for hydroxylation is 1. The number of benzene rings is 2. The number of carbonyl (C=O) groups is 1. The number of fused-ring (bicyclic) bond motifs is 1. The first kappa shape index (κ1) is 18.1. The molecule has 2 heterocycles. The van der Waals surface area contributed by atoms with Gasteiger partial charge in [-0.1, -0.05) is 41.9 Å². The Labute approximate surface area is 164 Å². The molecule has 2 aromatic carbocycles. The molecule has 0 saturated carbocycles. The molecule has 0 N–H and O–H groups in total. The number of nitrogens with zero attached hydrogens (tertiary/aromatic N) is 2. The molecule has 4 nitrogen and oxygen atoms in total. The van der Waals surface area contributed by atoms with Gasteiger partial charge >= 0.3 is 0 Å². The van der Waals surface area contributed by atoms with Gasteiger partial charge in [-0.25, -0.2) is 0 Å². The molecule has 0 spiro atoms. The van der Waals surface area contributed by atoms with Gasteiger partial charge in [0.2, 0.25) is 5.91 Å². The second-order valence-corrected chi connectivity index (χ2v) is 7.45. The quantitative estimate of drug-likeness (QED) is 0.677. The number of morpholine rings is 1. The van der Waals surface area contributed by atoms with Gasteiger partial charge in [0, 0.05) is 54.6 Å². The van der Waals surface area contributed by atoms with Crippen molar-refractivity contribution in [2.45, 2.75) is 12.3 Å². The molecule has 27 heavy (non-hydrogen) atoms. The largest absolute Gasteiger partial charge is 0.378 e. The van der Waals surface area contributed by atoms with Crippen LogP contribution < -0.4 is 0 Å². The summed E-state index contributed by atoms with van der Waals surface area (Å²) in [6.45, 7) is 2.57. The van der Waals surface area contributed by atoms with Crippen LogP contribution in [0.15, 0.2) is 54.7 Å².